The topological polar surface area (TPSA) is 75.7 Å². The number of hydrogen-bond donors (Lipinski definition) is 1. The van der Waals surface area contributed by atoms with Gasteiger partial charge >= 0.3 is 0 Å². The number of nitrogens with one attached hydrogen (secondary N) is 1. The van der Waals surface area contributed by atoms with Crippen molar-refractivity contribution in [2.24, 2.45) is 0 Å². The molecule has 3 aromatic rings. The van der Waals surface area contributed by atoms with E-state index in [4.69, 9.17) is 0 Å². The summed E-state index contributed by atoms with van der Waals surface area (Å²) in [5, 5.41) is 2.79. The molecule has 1 N–H and O–H groups in total. The van der Waals surface area contributed by atoms with Crippen molar-refractivity contribution in [2.75, 3.05) is 0 Å². The van der Waals surface area contributed by atoms with E-state index in [1.807, 2.05) is 11.4 Å². The predicted molar refractivity (Wildman–Crippen MR) is 87.3 cm³/mol. The van der Waals surface area contributed by atoms with Crippen molar-refractivity contribution in [3.8, 4) is 0 Å². The second-order valence-electron chi connectivity index (χ2n) is 4.88. The Hall–Kier alpha value is -2.60. The van der Waals surface area contributed by atoms with Crippen LogP contribution in [0.5, 0.6) is 0 Å². The van der Waals surface area contributed by atoms with Gasteiger partial charge in [0.1, 0.15) is 10.7 Å². The van der Waals surface area contributed by atoms with E-state index < -0.39 is 0 Å². The third-order valence-electron chi connectivity index (χ3n) is 3.37. The van der Waals surface area contributed by atoms with Gasteiger partial charge in [0.25, 0.3) is 5.56 Å². The molecule has 0 radical (unpaired) electrons. The first kappa shape index (κ1) is 14.3. The van der Waals surface area contributed by atoms with Crippen molar-refractivity contribution in [2.45, 2.75) is 13.8 Å². The summed E-state index contributed by atoms with van der Waals surface area (Å²) in [5.74, 6) is 0.339. The molecule has 0 amide bonds. The third kappa shape index (κ3) is 2.60. The zero-order chi connectivity index (χ0) is 15.7. The van der Waals surface area contributed by atoms with Crippen LogP contribution in [0.4, 0.5) is 0 Å². The molecule has 0 aliphatic heterocycles. The van der Waals surface area contributed by atoms with Crippen LogP contribution < -0.4 is 5.56 Å². The molecule has 0 atom stereocenters. The number of fused-ring (bicyclic) bond motifs is 1. The van der Waals surface area contributed by atoms with E-state index in [2.05, 4.69) is 15.0 Å². The minimum Gasteiger partial charge on any atom is -0.313 e. The summed E-state index contributed by atoms with van der Waals surface area (Å²) in [6, 6.07) is 1.90. The van der Waals surface area contributed by atoms with Crippen LogP contribution in [-0.4, -0.2) is 20.7 Å². The number of aromatic nitrogens is 3. The van der Waals surface area contributed by atoms with E-state index in [0.717, 1.165) is 10.2 Å². The van der Waals surface area contributed by atoms with Gasteiger partial charge in [-0.3, -0.25) is 9.59 Å². The zero-order valence-electron chi connectivity index (χ0n) is 12.1. The van der Waals surface area contributed by atoms with Crippen LogP contribution in [0, 0.1) is 13.8 Å². The lowest BCUT2D eigenvalue weighted by molar-refractivity contribution is 0.104. The SMILES string of the molecule is Cc1ncc(C=CC(=O)c2c(C)c3ccsc3[nH]c2=O)cn1. The molecule has 3 aromatic heterocycles. The lowest BCUT2D eigenvalue weighted by atomic mass is 10.0. The number of allylic oxidation sites excluding steroid dienone is 1. The maximum absolute atomic E-state index is 12.3. The van der Waals surface area contributed by atoms with Gasteiger partial charge in [-0.25, -0.2) is 9.97 Å². The van der Waals surface area contributed by atoms with Crippen LogP contribution in [0.15, 0.2) is 34.7 Å². The highest BCUT2D eigenvalue weighted by atomic mass is 32.1. The van der Waals surface area contributed by atoms with Crippen LogP contribution in [0.25, 0.3) is 16.3 Å². The number of pyridine rings is 1. The summed E-state index contributed by atoms with van der Waals surface area (Å²) >= 11 is 1.45. The summed E-state index contributed by atoms with van der Waals surface area (Å²) in [6.45, 7) is 3.58. The fraction of sp³-hybridized carbons (Fsp3) is 0.125. The van der Waals surface area contributed by atoms with Crippen LogP contribution in [0.2, 0.25) is 0 Å². The van der Waals surface area contributed by atoms with Crippen LogP contribution in [0.3, 0.4) is 0 Å². The molecule has 3 rings (SSSR count). The van der Waals surface area contributed by atoms with E-state index in [1.54, 1.807) is 32.3 Å². The van der Waals surface area contributed by atoms with Crippen LogP contribution >= 0.6 is 11.3 Å². The van der Waals surface area contributed by atoms with E-state index >= 15 is 0 Å². The van der Waals surface area contributed by atoms with Gasteiger partial charge in [-0.2, -0.15) is 0 Å². The highest BCUT2D eigenvalue weighted by Crippen LogP contribution is 2.22. The minimum atomic E-state index is -0.359. The molecule has 0 aliphatic rings. The molecule has 5 nitrogen and oxygen atoms in total. The second-order valence-corrected chi connectivity index (χ2v) is 5.79. The molecule has 22 heavy (non-hydrogen) atoms. The Balaban J connectivity index is 1.98. The number of carbonyl (C=O) groups excluding carboxylic acids is 1. The first-order valence-electron chi connectivity index (χ1n) is 6.67. The molecule has 0 bridgehead atoms. The number of aromatic amines is 1. The first-order valence-corrected chi connectivity index (χ1v) is 7.55. The van der Waals surface area contributed by atoms with E-state index in [-0.39, 0.29) is 16.9 Å². The van der Waals surface area contributed by atoms with Crippen molar-refractivity contribution in [3.63, 3.8) is 0 Å². The smallest absolute Gasteiger partial charge is 0.260 e. The summed E-state index contributed by atoms with van der Waals surface area (Å²) < 4.78 is 0. The Morgan fingerprint density at radius 1 is 1.27 bits per heavy atom. The molecule has 3 heterocycles. The van der Waals surface area contributed by atoms with Crippen molar-refractivity contribution >= 4 is 33.4 Å². The highest BCUT2D eigenvalue weighted by Gasteiger charge is 2.15. The molecule has 110 valence electrons. The number of H-pyrrole nitrogens is 1. The van der Waals surface area contributed by atoms with Gasteiger partial charge in [0.05, 0.1) is 5.56 Å². The molecular weight excluding hydrogens is 298 g/mol. The second kappa shape index (κ2) is 5.65. The van der Waals surface area contributed by atoms with E-state index in [9.17, 15) is 9.59 Å². The third-order valence-corrected chi connectivity index (χ3v) is 4.20. The lowest BCUT2D eigenvalue weighted by Crippen LogP contribution is -2.18. The zero-order valence-corrected chi connectivity index (χ0v) is 12.9. The highest BCUT2D eigenvalue weighted by molar-refractivity contribution is 7.16. The Morgan fingerprint density at radius 2 is 2.00 bits per heavy atom. The molecule has 0 aliphatic carbocycles. The summed E-state index contributed by atoms with van der Waals surface area (Å²) in [6.07, 6.45) is 6.25. The average molecular weight is 311 g/mol. The maximum Gasteiger partial charge on any atom is 0.260 e. The Morgan fingerprint density at radius 3 is 2.73 bits per heavy atom. The standard InChI is InChI=1S/C16H13N3O2S/c1-9-12-5-6-22-16(12)19-15(21)14(9)13(20)4-3-11-7-17-10(2)18-8-11/h3-8H,1-2H3,(H,19,21). The van der Waals surface area contributed by atoms with Crippen molar-refractivity contribution in [1.82, 2.24) is 15.0 Å². The molecule has 0 unspecified atom stereocenters. The Labute approximate surface area is 130 Å². The molecule has 6 heteroatoms. The molecule has 0 saturated carbocycles. The number of ketones is 1. The monoisotopic (exact) mass is 311 g/mol. The average Bonchev–Trinajstić information content (AvgIpc) is 2.95. The maximum atomic E-state index is 12.3. The molecule has 0 saturated heterocycles. The number of rotatable bonds is 3. The van der Waals surface area contributed by atoms with Gasteiger partial charge in [0.15, 0.2) is 5.78 Å². The largest absolute Gasteiger partial charge is 0.313 e. The fourth-order valence-electron chi connectivity index (χ4n) is 2.21. The quantitative estimate of drug-likeness (QED) is 0.596. The van der Waals surface area contributed by atoms with Crippen molar-refractivity contribution in [3.05, 3.63) is 62.8 Å². The number of aryl methyl sites for hydroxylation is 2. The number of nitrogens with zero attached hydrogens (tertiary/aromatic N) is 2. The summed E-state index contributed by atoms with van der Waals surface area (Å²) in [5.41, 5.74) is 1.23. The van der Waals surface area contributed by atoms with Gasteiger partial charge < -0.3 is 4.98 Å². The van der Waals surface area contributed by atoms with Gasteiger partial charge in [-0.05, 0) is 43.0 Å². The molecule has 0 fully saturated rings. The number of hydrogen-bond acceptors (Lipinski definition) is 5. The molecule has 0 aromatic carbocycles. The minimum absolute atomic E-state index is 0.176. The van der Waals surface area contributed by atoms with Crippen molar-refractivity contribution in [1.29, 1.82) is 0 Å². The molecular formula is C16H13N3O2S. The van der Waals surface area contributed by atoms with Crippen molar-refractivity contribution < 1.29 is 4.79 Å². The Kier molecular flexibility index (Phi) is 3.68. The summed E-state index contributed by atoms with van der Waals surface area (Å²) in [4.78, 5) is 36.1. The van der Waals surface area contributed by atoms with Crippen LogP contribution in [-0.2, 0) is 0 Å². The van der Waals surface area contributed by atoms with Gasteiger partial charge in [-0.1, -0.05) is 0 Å². The predicted octanol–water partition coefficient (Wildman–Crippen LogP) is 2.89. The fourth-order valence-corrected chi connectivity index (χ4v) is 3.05. The number of carbonyl (C=O) groups is 1. The van der Waals surface area contributed by atoms with E-state index in [1.165, 1.54) is 17.4 Å². The molecule has 0 spiro atoms. The van der Waals surface area contributed by atoms with Gasteiger partial charge in [0, 0.05) is 23.3 Å². The normalized spacial score (nSPS) is 11.4. The first-order chi connectivity index (χ1) is 10.6. The summed E-state index contributed by atoms with van der Waals surface area (Å²) in [7, 11) is 0. The van der Waals surface area contributed by atoms with E-state index in [0.29, 0.717) is 17.0 Å². The Bertz CT molecular complexity index is 936. The van der Waals surface area contributed by atoms with Crippen LogP contribution in [0.1, 0.15) is 27.3 Å². The number of thiophene rings is 1. The lowest BCUT2D eigenvalue weighted by Gasteiger charge is -2.02. The van der Waals surface area contributed by atoms with Gasteiger partial charge in [0.2, 0.25) is 0 Å². The van der Waals surface area contributed by atoms with Gasteiger partial charge in [-0.15, -0.1) is 11.3 Å².